The zero-order valence-electron chi connectivity index (χ0n) is 11.6. The standard InChI is InChI=1S/C15H18Cl2N2S/c1-19(2)14(15-4-3-7-20-15)10-18-9-11-5-6-12(16)13(17)8-11/h3-8,14,18H,9-10H2,1-2H3. The summed E-state index contributed by atoms with van der Waals surface area (Å²) in [5.41, 5.74) is 1.14. The molecular weight excluding hydrogens is 311 g/mol. The lowest BCUT2D eigenvalue weighted by Gasteiger charge is -2.23. The van der Waals surface area contributed by atoms with Crippen molar-refractivity contribution in [1.29, 1.82) is 0 Å². The number of halogens is 2. The molecule has 1 aromatic heterocycles. The normalized spacial score (nSPS) is 12.8. The van der Waals surface area contributed by atoms with Crippen LogP contribution in [0.3, 0.4) is 0 Å². The van der Waals surface area contributed by atoms with Crippen molar-refractivity contribution in [3.05, 3.63) is 56.2 Å². The summed E-state index contributed by atoms with van der Waals surface area (Å²) in [7, 11) is 4.20. The number of rotatable bonds is 6. The molecule has 2 aromatic rings. The van der Waals surface area contributed by atoms with Gasteiger partial charge in [-0.05, 0) is 43.2 Å². The number of hydrogen-bond acceptors (Lipinski definition) is 3. The van der Waals surface area contributed by atoms with Crippen LogP contribution in [-0.2, 0) is 6.54 Å². The van der Waals surface area contributed by atoms with E-state index >= 15 is 0 Å². The highest BCUT2D eigenvalue weighted by atomic mass is 35.5. The van der Waals surface area contributed by atoms with Gasteiger partial charge in [0, 0.05) is 18.0 Å². The molecule has 2 rings (SSSR count). The van der Waals surface area contributed by atoms with Gasteiger partial charge in [0.1, 0.15) is 0 Å². The van der Waals surface area contributed by atoms with E-state index in [9.17, 15) is 0 Å². The maximum atomic E-state index is 6.02. The summed E-state index contributed by atoms with van der Waals surface area (Å²) in [5.74, 6) is 0. The van der Waals surface area contributed by atoms with Crippen molar-refractivity contribution < 1.29 is 0 Å². The summed E-state index contributed by atoms with van der Waals surface area (Å²) in [6.07, 6.45) is 0. The van der Waals surface area contributed by atoms with E-state index in [1.807, 2.05) is 18.2 Å². The fourth-order valence-electron chi connectivity index (χ4n) is 2.02. The fourth-order valence-corrected chi connectivity index (χ4v) is 3.26. The van der Waals surface area contributed by atoms with Gasteiger partial charge in [-0.25, -0.2) is 0 Å². The van der Waals surface area contributed by atoms with Crippen LogP contribution in [0.25, 0.3) is 0 Å². The maximum absolute atomic E-state index is 6.02. The van der Waals surface area contributed by atoms with Crippen molar-refractivity contribution in [3.8, 4) is 0 Å². The first-order valence-corrected chi connectivity index (χ1v) is 8.06. The van der Waals surface area contributed by atoms with Crippen molar-refractivity contribution in [1.82, 2.24) is 10.2 Å². The van der Waals surface area contributed by atoms with E-state index in [1.54, 1.807) is 11.3 Å². The van der Waals surface area contributed by atoms with Gasteiger partial charge in [-0.3, -0.25) is 0 Å². The predicted octanol–water partition coefficient (Wildman–Crippen LogP) is 4.45. The largest absolute Gasteiger partial charge is 0.311 e. The van der Waals surface area contributed by atoms with E-state index in [4.69, 9.17) is 23.2 Å². The Morgan fingerprint density at radius 2 is 2.00 bits per heavy atom. The Balaban J connectivity index is 1.92. The molecule has 0 bridgehead atoms. The number of nitrogens with one attached hydrogen (secondary N) is 1. The summed E-state index contributed by atoms with van der Waals surface area (Å²) in [6.45, 7) is 1.68. The molecule has 5 heteroatoms. The quantitative estimate of drug-likeness (QED) is 0.842. The van der Waals surface area contributed by atoms with Crippen molar-refractivity contribution >= 4 is 34.5 Å². The van der Waals surface area contributed by atoms with E-state index in [0.717, 1.165) is 18.7 Å². The molecule has 0 aliphatic heterocycles. The molecule has 20 heavy (non-hydrogen) atoms. The lowest BCUT2D eigenvalue weighted by atomic mass is 10.2. The summed E-state index contributed by atoms with van der Waals surface area (Å²) in [5, 5.41) is 6.80. The van der Waals surface area contributed by atoms with Gasteiger partial charge < -0.3 is 10.2 Å². The SMILES string of the molecule is CN(C)C(CNCc1ccc(Cl)c(Cl)c1)c1cccs1. The number of nitrogens with zero attached hydrogens (tertiary/aromatic N) is 1. The van der Waals surface area contributed by atoms with Gasteiger partial charge in [-0.1, -0.05) is 35.3 Å². The summed E-state index contributed by atoms with van der Waals surface area (Å²) >= 11 is 13.7. The molecule has 0 saturated carbocycles. The summed E-state index contributed by atoms with van der Waals surface area (Å²) < 4.78 is 0. The minimum atomic E-state index is 0.387. The average molecular weight is 329 g/mol. The Hall–Kier alpha value is -0.580. The minimum absolute atomic E-state index is 0.387. The highest BCUT2D eigenvalue weighted by molar-refractivity contribution is 7.10. The van der Waals surface area contributed by atoms with Gasteiger partial charge in [0.25, 0.3) is 0 Å². The summed E-state index contributed by atoms with van der Waals surface area (Å²) in [6, 6.07) is 10.4. The average Bonchev–Trinajstić information content (AvgIpc) is 2.92. The van der Waals surface area contributed by atoms with Crippen molar-refractivity contribution in [2.24, 2.45) is 0 Å². The topological polar surface area (TPSA) is 15.3 Å². The second-order valence-electron chi connectivity index (χ2n) is 4.87. The Morgan fingerprint density at radius 1 is 1.20 bits per heavy atom. The molecule has 1 heterocycles. The molecule has 0 amide bonds. The predicted molar refractivity (Wildman–Crippen MR) is 88.9 cm³/mol. The van der Waals surface area contributed by atoms with Crippen LogP contribution in [0.2, 0.25) is 10.0 Å². The first kappa shape index (κ1) is 15.8. The second kappa shape index (κ2) is 7.43. The maximum Gasteiger partial charge on any atom is 0.0595 e. The first-order valence-electron chi connectivity index (χ1n) is 6.42. The van der Waals surface area contributed by atoms with Crippen LogP contribution < -0.4 is 5.32 Å². The van der Waals surface area contributed by atoms with Gasteiger partial charge in [-0.2, -0.15) is 0 Å². The highest BCUT2D eigenvalue weighted by Crippen LogP contribution is 2.24. The molecule has 0 saturated heterocycles. The molecule has 0 spiro atoms. The highest BCUT2D eigenvalue weighted by Gasteiger charge is 2.14. The molecule has 1 N–H and O–H groups in total. The van der Waals surface area contributed by atoms with Crippen molar-refractivity contribution in [2.45, 2.75) is 12.6 Å². The zero-order valence-corrected chi connectivity index (χ0v) is 13.9. The third-order valence-corrected chi connectivity index (χ3v) is 4.86. The number of benzene rings is 1. The van der Waals surface area contributed by atoms with Crippen LogP contribution in [0, 0.1) is 0 Å². The fraction of sp³-hybridized carbons (Fsp3) is 0.333. The van der Waals surface area contributed by atoms with Gasteiger partial charge in [0.15, 0.2) is 0 Å². The molecule has 1 aromatic carbocycles. The monoisotopic (exact) mass is 328 g/mol. The summed E-state index contributed by atoms with van der Waals surface area (Å²) in [4.78, 5) is 3.60. The molecule has 0 fully saturated rings. The van der Waals surface area contributed by atoms with Crippen LogP contribution in [0.15, 0.2) is 35.7 Å². The van der Waals surface area contributed by atoms with Gasteiger partial charge in [-0.15, -0.1) is 11.3 Å². The van der Waals surface area contributed by atoms with E-state index in [2.05, 4.69) is 41.8 Å². The smallest absolute Gasteiger partial charge is 0.0595 e. The number of thiophene rings is 1. The third-order valence-electron chi connectivity index (χ3n) is 3.15. The third kappa shape index (κ3) is 4.21. The lowest BCUT2D eigenvalue weighted by molar-refractivity contribution is 0.292. The number of likely N-dealkylation sites (N-methyl/N-ethyl adjacent to an activating group) is 1. The van der Waals surface area contributed by atoms with Crippen LogP contribution in [0.5, 0.6) is 0 Å². The molecular formula is C15H18Cl2N2S. The zero-order chi connectivity index (χ0) is 14.5. The van der Waals surface area contributed by atoms with E-state index < -0.39 is 0 Å². The van der Waals surface area contributed by atoms with E-state index in [0.29, 0.717) is 16.1 Å². The van der Waals surface area contributed by atoms with Crippen molar-refractivity contribution in [2.75, 3.05) is 20.6 Å². The first-order chi connectivity index (χ1) is 9.58. The van der Waals surface area contributed by atoms with Crippen LogP contribution >= 0.6 is 34.5 Å². The molecule has 108 valence electrons. The molecule has 0 radical (unpaired) electrons. The van der Waals surface area contributed by atoms with Crippen LogP contribution in [0.4, 0.5) is 0 Å². The van der Waals surface area contributed by atoms with Gasteiger partial charge in [0.2, 0.25) is 0 Å². The Labute approximate surface area is 134 Å². The van der Waals surface area contributed by atoms with Crippen molar-refractivity contribution in [3.63, 3.8) is 0 Å². The Bertz CT molecular complexity index is 541. The van der Waals surface area contributed by atoms with E-state index in [-0.39, 0.29) is 0 Å². The Morgan fingerprint density at radius 3 is 2.60 bits per heavy atom. The minimum Gasteiger partial charge on any atom is -0.311 e. The molecule has 2 nitrogen and oxygen atoms in total. The Kier molecular flexibility index (Phi) is 5.87. The molecule has 1 atom stereocenters. The number of hydrogen-bond donors (Lipinski definition) is 1. The van der Waals surface area contributed by atoms with Crippen LogP contribution in [0.1, 0.15) is 16.5 Å². The second-order valence-corrected chi connectivity index (χ2v) is 6.67. The van der Waals surface area contributed by atoms with Gasteiger partial charge >= 0.3 is 0 Å². The van der Waals surface area contributed by atoms with Crippen LogP contribution in [-0.4, -0.2) is 25.5 Å². The van der Waals surface area contributed by atoms with Gasteiger partial charge in [0.05, 0.1) is 16.1 Å². The molecule has 0 aliphatic carbocycles. The molecule has 0 aliphatic rings. The van der Waals surface area contributed by atoms with E-state index in [1.165, 1.54) is 4.88 Å². The molecule has 1 unspecified atom stereocenters. The lowest BCUT2D eigenvalue weighted by Crippen LogP contribution is -2.30.